The first-order valence-corrected chi connectivity index (χ1v) is 6.69. The van der Waals surface area contributed by atoms with Crippen LogP contribution in [-0.2, 0) is 11.3 Å². The van der Waals surface area contributed by atoms with Crippen LogP contribution in [0.4, 0.5) is 0 Å². The second-order valence-corrected chi connectivity index (χ2v) is 5.16. The number of methoxy groups -OCH3 is 1. The van der Waals surface area contributed by atoms with Gasteiger partial charge in [-0.2, -0.15) is 0 Å². The first-order chi connectivity index (χ1) is 8.77. The van der Waals surface area contributed by atoms with Crippen molar-refractivity contribution < 1.29 is 4.74 Å². The number of hydrogen-bond acceptors (Lipinski definition) is 3. The Bertz CT molecular complexity index is 379. The third-order valence-corrected chi connectivity index (χ3v) is 3.91. The van der Waals surface area contributed by atoms with Crippen LogP contribution in [0, 0.1) is 5.92 Å². The molecule has 2 atom stereocenters. The van der Waals surface area contributed by atoms with Gasteiger partial charge in [0.05, 0.1) is 6.61 Å². The second-order valence-electron chi connectivity index (χ2n) is 5.16. The number of hydrogen-bond donors (Lipinski definition) is 1. The molecule has 0 radical (unpaired) electrons. The Kier molecular flexibility index (Phi) is 4.75. The van der Waals surface area contributed by atoms with Gasteiger partial charge in [-0.15, -0.1) is 0 Å². The monoisotopic (exact) mass is 248 g/mol. The molecule has 1 fully saturated rings. The van der Waals surface area contributed by atoms with Gasteiger partial charge < -0.3 is 10.1 Å². The van der Waals surface area contributed by atoms with Crippen molar-refractivity contribution in [1.29, 1.82) is 0 Å². The molecule has 0 bridgehead atoms. The molecule has 1 aromatic carbocycles. The van der Waals surface area contributed by atoms with Crippen LogP contribution in [0.25, 0.3) is 0 Å². The molecule has 100 valence electrons. The van der Waals surface area contributed by atoms with E-state index in [0.717, 1.165) is 6.54 Å². The molecule has 1 aliphatic heterocycles. The zero-order valence-corrected chi connectivity index (χ0v) is 11.6. The van der Waals surface area contributed by atoms with Crippen LogP contribution in [0.3, 0.4) is 0 Å². The molecule has 0 aromatic heterocycles. The van der Waals surface area contributed by atoms with Gasteiger partial charge >= 0.3 is 0 Å². The molecule has 0 spiro atoms. The van der Waals surface area contributed by atoms with E-state index in [9.17, 15) is 0 Å². The van der Waals surface area contributed by atoms with Crippen LogP contribution in [-0.4, -0.2) is 39.2 Å². The van der Waals surface area contributed by atoms with E-state index in [1.165, 1.54) is 24.1 Å². The summed E-state index contributed by atoms with van der Waals surface area (Å²) in [6, 6.07) is 9.19. The number of nitrogens with one attached hydrogen (secondary N) is 1. The predicted octanol–water partition coefficient (Wildman–Crippen LogP) is 2.05. The van der Waals surface area contributed by atoms with E-state index in [4.69, 9.17) is 4.74 Å². The maximum Gasteiger partial charge on any atom is 0.0716 e. The van der Waals surface area contributed by atoms with E-state index in [1.807, 2.05) is 7.05 Å². The topological polar surface area (TPSA) is 24.5 Å². The molecule has 2 unspecified atom stereocenters. The van der Waals surface area contributed by atoms with E-state index in [2.05, 4.69) is 41.5 Å². The molecule has 0 amide bonds. The smallest absolute Gasteiger partial charge is 0.0716 e. The van der Waals surface area contributed by atoms with Crippen LogP contribution in [0.15, 0.2) is 24.3 Å². The van der Waals surface area contributed by atoms with Gasteiger partial charge in [0.2, 0.25) is 0 Å². The molecule has 0 saturated carbocycles. The SMILES string of the molecule is CNCC1CCN(C)C1c1ccccc1COC. The van der Waals surface area contributed by atoms with Gasteiger partial charge in [-0.25, -0.2) is 0 Å². The van der Waals surface area contributed by atoms with Crippen molar-refractivity contribution in [2.45, 2.75) is 19.1 Å². The summed E-state index contributed by atoms with van der Waals surface area (Å²) in [6.45, 7) is 2.96. The largest absolute Gasteiger partial charge is 0.380 e. The van der Waals surface area contributed by atoms with Gasteiger partial charge in [0.1, 0.15) is 0 Å². The number of nitrogens with zero attached hydrogens (tertiary/aromatic N) is 1. The number of ether oxygens (including phenoxy) is 1. The van der Waals surface area contributed by atoms with E-state index >= 15 is 0 Å². The van der Waals surface area contributed by atoms with E-state index < -0.39 is 0 Å². The predicted molar refractivity (Wildman–Crippen MR) is 74.6 cm³/mol. The number of benzene rings is 1. The van der Waals surface area contributed by atoms with Crippen molar-refractivity contribution in [2.24, 2.45) is 5.92 Å². The third kappa shape index (κ3) is 2.74. The molecule has 1 aromatic rings. The van der Waals surface area contributed by atoms with Crippen molar-refractivity contribution in [3.05, 3.63) is 35.4 Å². The summed E-state index contributed by atoms with van der Waals surface area (Å²) >= 11 is 0. The second kappa shape index (κ2) is 6.32. The summed E-state index contributed by atoms with van der Waals surface area (Å²) in [7, 11) is 6.03. The molecule has 1 aliphatic rings. The van der Waals surface area contributed by atoms with Crippen LogP contribution in [0.1, 0.15) is 23.6 Å². The Balaban J connectivity index is 2.27. The Hall–Kier alpha value is -0.900. The fourth-order valence-electron chi connectivity index (χ4n) is 3.10. The summed E-state index contributed by atoms with van der Waals surface area (Å²) in [4.78, 5) is 2.47. The van der Waals surface area contributed by atoms with Gasteiger partial charge in [-0.1, -0.05) is 24.3 Å². The molecule has 18 heavy (non-hydrogen) atoms. The van der Waals surface area contributed by atoms with Gasteiger partial charge in [0.15, 0.2) is 0 Å². The van der Waals surface area contributed by atoms with Crippen molar-refractivity contribution >= 4 is 0 Å². The Morgan fingerprint density at radius 2 is 2.17 bits per heavy atom. The summed E-state index contributed by atoms with van der Waals surface area (Å²) in [5.41, 5.74) is 2.75. The zero-order chi connectivity index (χ0) is 13.0. The highest BCUT2D eigenvalue weighted by atomic mass is 16.5. The van der Waals surface area contributed by atoms with E-state index in [1.54, 1.807) is 7.11 Å². The summed E-state index contributed by atoms with van der Waals surface area (Å²) < 4.78 is 5.32. The third-order valence-electron chi connectivity index (χ3n) is 3.91. The minimum absolute atomic E-state index is 0.517. The first kappa shape index (κ1) is 13.5. The lowest BCUT2D eigenvalue weighted by Gasteiger charge is -2.27. The van der Waals surface area contributed by atoms with Gasteiger partial charge in [0.25, 0.3) is 0 Å². The van der Waals surface area contributed by atoms with Crippen LogP contribution >= 0.6 is 0 Å². The van der Waals surface area contributed by atoms with Gasteiger partial charge in [0, 0.05) is 13.2 Å². The summed E-state index contributed by atoms with van der Waals surface area (Å²) in [5, 5.41) is 3.32. The number of rotatable bonds is 5. The van der Waals surface area contributed by atoms with Crippen molar-refractivity contribution in [3.63, 3.8) is 0 Å². The minimum atomic E-state index is 0.517. The van der Waals surface area contributed by atoms with Crippen LogP contribution in [0.2, 0.25) is 0 Å². The maximum atomic E-state index is 5.32. The molecular formula is C15H24N2O. The van der Waals surface area contributed by atoms with Crippen molar-refractivity contribution in [1.82, 2.24) is 10.2 Å². The molecule has 1 heterocycles. The van der Waals surface area contributed by atoms with Gasteiger partial charge in [-0.3, -0.25) is 4.90 Å². The minimum Gasteiger partial charge on any atom is -0.380 e. The Morgan fingerprint density at radius 3 is 2.89 bits per heavy atom. The van der Waals surface area contributed by atoms with Crippen LogP contribution in [0.5, 0.6) is 0 Å². The quantitative estimate of drug-likeness (QED) is 0.863. The Morgan fingerprint density at radius 1 is 1.39 bits per heavy atom. The zero-order valence-electron chi connectivity index (χ0n) is 11.6. The molecule has 1 N–H and O–H groups in total. The standard InChI is InChI=1S/C15H24N2O/c1-16-10-12-8-9-17(2)15(12)14-7-5-4-6-13(14)11-18-3/h4-7,12,15-16H,8-11H2,1-3H3. The molecular weight excluding hydrogens is 224 g/mol. The highest BCUT2D eigenvalue weighted by Crippen LogP contribution is 2.37. The fourth-order valence-corrected chi connectivity index (χ4v) is 3.10. The molecule has 2 rings (SSSR count). The van der Waals surface area contributed by atoms with E-state index in [0.29, 0.717) is 18.6 Å². The molecule has 1 saturated heterocycles. The molecule has 3 nitrogen and oxygen atoms in total. The Labute approximate surface area is 110 Å². The lowest BCUT2D eigenvalue weighted by molar-refractivity contribution is 0.180. The highest BCUT2D eigenvalue weighted by Gasteiger charge is 2.33. The number of likely N-dealkylation sites (tertiary alicyclic amines) is 1. The normalized spacial score (nSPS) is 24.6. The van der Waals surface area contributed by atoms with Crippen molar-refractivity contribution in [2.75, 3.05) is 34.3 Å². The van der Waals surface area contributed by atoms with E-state index in [-0.39, 0.29) is 0 Å². The summed E-state index contributed by atoms with van der Waals surface area (Å²) in [6.07, 6.45) is 1.27. The summed E-state index contributed by atoms with van der Waals surface area (Å²) in [5.74, 6) is 0.693. The molecule has 3 heteroatoms. The average molecular weight is 248 g/mol. The first-order valence-electron chi connectivity index (χ1n) is 6.69. The van der Waals surface area contributed by atoms with Gasteiger partial charge in [-0.05, 0) is 50.7 Å². The highest BCUT2D eigenvalue weighted by molar-refractivity contribution is 5.31. The fraction of sp³-hybridized carbons (Fsp3) is 0.600. The van der Waals surface area contributed by atoms with Crippen molar-refractivity contribution in [3.8, 4) is 0 Å². The lowest BCUT2D eigenvalue weighted by Crippen LogP contribution is -2.27. The van der Waals surface area contributed by atoms with Crippen LogP contribution < -0.4 is 5.32 Å². The lowest BCUT2D eigenvalue weighted by atomic mass is 9.90. The maximum absolute atomic E-state index is 5.32. The average Bonchev–Trinajstić information content (AvgIpc) is 2.73. The molecule has 0 aliphatic carbocycles.